The van der Waals surface area contributed by atoms with Crippen LogP contribution in [0.4, 0.5) is 0 Å². The molecule has 172 valence electrons. The minimum atomic E-state index is -0.795. The maximum absolute atomic E-state index is 10.8. The molecule has 2 aromatic heterocycles. The molecule has 2 heterocycles. The highest BCUT2D eigenvalue weighted by Gasteiger charge is 2.42. The highest BCUT2D eigenvalue weighted by molar-refractivity contribution is 5.79. The number of fused-ring (bicyclic) bond motifs is 1. The predicted molar refractivity (Wildman–Crippen MR) is 127 cm³/mol. The molecule has 0 saturated heterocycles. The predicted octanol–water partition coefficient (Wildman–Crippen LogP) is 2.09. The van der Waals surface area contributed by atoms with E-state index in [1.54, 1.807) is 6.33 Å². The molecular formula is C25H35N5O2. The lowest BCUT2D eigenvalue weighted by Gasteiger charge is -2.19. The average molecular weight is 438 g/mol. The van der Waals surface area contributed by atoms with E-state index < -0.39 is 12.2 Å². The molecular weight excluding hydrogens is 402 g/mol. The standard InChI is InChI=1S/C25H35N5O2/c1-2-19-16-30(25-21(19)15-28-17-29-25)22-13-20(23(31)24(22)32)14-27-11-6-10-26-12-9-18-7-4-3-5-8-18/h3-5,7-8,15-17,20,22-24,26-27,31-32H,2,6,9-14H2,1H3/t20-,22-,23-,24+/m1/s1. The van der Waals surface area contributed by atoms with Gasteiger partial charge in [0.15, 0.2) is 0 Å². The smallest absolute Gasteiger partial charge is 0.143 e. The average Bonchev–Trinajstić information content (AvgIpc) is 3.34. The van der Waals surface area contributed by atoms with E-state index in [9.17, 15) is 10.2 Å². The molecule has 7 nitrogen and oxygen atoms in total. The summed E-state index contributed by atoms with van der Waals surface area (Å²) in [5, 5.41) is 29.4. The first-order chi connectivity index (χ1) is 15.7. The van der Waals surface area contributed by atoms with E-state index >= 15 is 0 Å². The van der Waals surface area contributed by atoms with Crippen LogP contribution in [0.2, 0.25) is 0 Å². The summed E-state index contributed by atoms with van der Waals surface area (Å²) in [5.74, 6) is 0.0189. The van der Waals surface area contributed by atoms with Crippen LogP contribution in [-0.4, -0.2) is 63.1 Å². The first kappa shape index (κ1) is 22.9. The largest absolute Gasteiger partial charge is 0.390 e. The molecule has 1 aliphatic carbocycles. The minimum Gasteiger partial charge on any atom is -0.390 e. The van der Waals surface area contributed by atoms with Gasteiger partial charge in [0.1, 0.15) is 18.1 Å². The van der Waals surface area contributed by atoms with Gasteiger partial charge in [-0.2, -0.15) is 0 Å². The normalized spacial score (nSPS) is 23.2. The fourth-order valence-corrected chi connectivity index (χ4v) is 4.79. The number of aliphatic hydroxyl groups is 2. The molecule has 0 radical (unpaired) electrons. The van der Waals surface area contributed by atoms with Gasteiger partial charge in [-0.3, -0.25) is 0 Å². The summed E-state index contributed by atoms with van der Waals surface area (Å²) in [6.45, 7) is 5.64. The molecule has 3 aromatic rings. The molecule has 4 atom stereocenters. The summed E-state index contributed by atoms with van der Waals surface area (Å²) in [6, 6.07) is 10.3. The zero-order valence-corrected chi connectivity index (χ0v) is 18.8. The highest BCUT2D eigenvalue weighted by atomic mass is 16.3. The van der Waals surface area contributed by atoms with Gasteiger partial charge in [0.2, 0.25) is 0 Å². The topological polar surface area (TPSA) is 95.2 Å². The zero-order chi connectivity index (χ0) is 22.3. The first-order valence-corrected chi connectivity index (χ1v) is 11.8. The third-order valence-corrected chi connectivity index (χ3v) is 6.63. The van der Waals surface area contributed by atoms with Crippen molar-refractivity contribution < 1.29 is 10.2 Å². The Hall–Kier alpha value is -2.32. The Balaban J connectivity index is 1.21. The molecule has 1 aliphatic rings. The Labute approximate surface area is 189 Å². The van der Waals surface area contributed by atoms with Crippen LogP contribution in [-0.2, 0) is 12.8 Å². The van der Waals surface area contributed by atoms with Crippen LogP contribution in [0.15, 0.2) is 49.1 Å². The van der Waals surface area contributed by atoms with Crippen LogP contribution in [0.5, 0.6) is 0 Å². The fraction of sp³-hybridized carbons (Fsp3) is 0.520. The number of aromatic nitrogens is 3. The molecule has 4 rings (SSSR count). The van der Waals surface area contributed by atoms with E-state index in [1.807, 2.05) is 16.8 Å². The number of aryl methyl sites for hydroxylation is 1. The quantitative estimate of drug-likeness (QED) is 0.343. The van der Waals surface area contributed by atoms with E-state index in [-0.39, 0.29) is 12.0 Å². The van der Waals surface area contributed by atoms with E-state index in [2.05, 4.69) is 58.0 Å². The maximum Gasteiger partial charge on any atom is 0.143 e. The Kier molecular flexibility index (Phi) is 7.86. The van der Waals surface area contributed by atoms with Crippen molar-refractivity contribution in [3.63, 3.8) is 0 Å². The minimum absolute atomic E-state index is 0.0189. The number of benzene rings is 1. The van der Waals surface area contributed by atoms with Gasteiger partial charge in [-0.25, -0.2) is 9.97 Å². The summed E-state index contributed by atoms with van der Waals surface area (Å²) in [4.78, 5) is 8.60. The van der Waals surface area contributed by atoms with Gasteiger partial charge >= 0.3 is 0 Å². The summed E-state index contributed by atoms with van der Waals surface area (Å²) in [6.07, 6.45) is 7.59. The van der Waals surface area contributed by atoms with Gasteiger partial charge in [-0.1, -0.05) is 37.3 Å². The van der Waals surface area contributed by atoms with Crippen molar-refractivity contribution in [2.24, 2.45) is 5.92 Å². The number of aliphatic hydroxyl groups excluding tert-OH is 2. The van der Waals surface area contributed by atoms with Crippen LogP contribution < -0.4 is 10.6 Å². The van der Waals surface area contributed by atoms with Crippen molar-refractivity contribution in [2.45, 2.75) is 50.9 Å². The molecule has 0 amide bonds. The molecule has 0 unspecified atom stereocenters. The SMILES string of the molecule is CCc1cn([C@@H]2C[C@H](CNCCCNCCc3ccccc3)[C@@H](O)[C@H]2O)c2ncncc12. The van der Waals surface area contributed by atoms with E-state index in [4.69, 9.17) is 0 Å². The third-order valence-electron chi connectivity index (χ3n) is 6.63. The highest BCUT2D eigenvalue weighted by Crippen LogP contribution is 2.37. The van der Waals surface area contributed by atoms with Gasteiger partial charge in [-0.15, -0.1) is 0 Å². The van der Waals surface area contributed by atoms with Crippen LogP contribution in [0, 0.1) is 5.92 Å². The van der Waals surface area contributed by atoms with Gasteiger partial charge in [0, 0.05) is 30.2 Å². The Morgan fingerprint density at radius 3 is 2.69 bits per heavy atom. The van der Waals surface area contributed by atoms with Crippen molar-refractivity contribution in [1.29, 1.82) is 0 Å². The number of nitrogens with zero attached hydrogens (tertiary/aromatic N) is 3. The molecule has 1 saturated carbocycles. The second-order valence-corrected chi connectivity index (χ2v) is 8.76. The van der Waals surface area contributed by atoms with Crippen molar-refractivity contribution in [1.82, 2.24) is 25.2 Å². The van der Waals surface area contributed by atoms with E-state index in [0.717, 1.165) is 56.4 Å². The zero-order valence-electron chi connectivity index (χ0n) is 18.8. The van der Waals surface area contributed by atoms with Crippen LogP contribution in [0.25, 0.3) is 11.0 Å². The summed E-state index contributed by atoms with van der Waals surface area (Å²) in [5.41, 5.74) is 3.36. The van der Waals surface area contributed by atoms with Crippen molar-refractivity contribution in [2.75, 3.05) is 26.2 Å². The van der Waals surface area contributed by atoms with Crippen LogP contribution in [0.1, 0.15) is 36.9 Å². The Bertz CT molecular complexity index is 977. The second kappa shape index (κ2) is 11.0. The lowest BCUT2D eigenvalue weighted by atomic mass is 10.1. The van der Waals surface area contributed by atoms with Crippen molar-refractivity contribution in [3.05, 3.63) is 60.2 Å². The van der Waals surface area contributed by atoms with Gasteiger partial charge < -0.3 is 25.4 Å². The fourth-order valence-electron chi connectivity index (χ4n) is 4.79. The summed E-state index contributed by atoms with van der Waals surface area (Å²) < 4.78 is 2.04. The lowest BCUT2D eigenvalue weighted by Crippen LogP contribution is -2.34. The summed E-state index contributed by atoms with van der Waals surface area (Å²) in [7, 11) is 0. The number of hydrogen-bond acceptors (Lipinski definition) is 6. The number of nitrogens with one attached hydrogen (secondary N) is 2. The second-order valence-electron chi connectivity index (χ2n) is 8.76. The van der Waals surface area contributed by atoms with Gasteiger partial charge in [0.05, 0.1) is 12.1 Å². The molecule has 0 bridgehead atoms. The lowest BCUT2D eigenvalue weighted by molar-refractivity contribution is 0.00692. The number of hydrogen-bond donors (Lipinski definition) is 4. The molecule has 1 aromatic carbocycles. The number of rotatable bonds is 11. The van der Waals surface area contributed by atoms with Crippen LogP contribution >= 0.6 is 0 Å². The molecule has 32 heavy (non-hydrogen) atoms. The van der Waals surface area contributed by atoms with Crippen molar-refractivity contribution in [3.8, 4) is 0 Å². The Morgan fingerprint density at radius 2 is 1.88 bits per heavy atom. The molecule has 1 fully saturated rings. The monoisotopic (exact) mass is 437 g/mol. The summed E-state index contributed by atoms with van der Waals surface area (Å²) >= 11 is 0. The molecule has 0 spiro atoms. The van der Waals surface area contributed by atoms with E-state index in [0.29, 0.717) is 6.54 Å². The molecule has 0 aliphatic heterocycles. The van der Waals surface area contributed by atoms with E-state index in [1.165, 1.54) is 11.1 Å². The Morgan fingerprint density at radius 1 is 1.06 bits per heavy atom. The van der Waals surface area contributed by atoms with Gasteiger partial charge in [0.25, 0.3) is 0 Å². The third kappa shape index (κ3) is 5.18. The first-order valence-electron chi connectivity index (χ1n) is 11.8. The maximum atomic E-state index is 10.8. The molecule has 4 N–H and O–H groups in total. The van der Waals surface area contributed by atoms with Crippen molar-refractivity contribution >= 4 is 11.0 Å². The van der Waals surface area contributed by atoms with Crippen LogP contribution in [0.3, 0.4) is 0 Å². The van der Waals surface area contributed by atoms with Gasteiger partial charge in [-0.05, 0) is 56.4 Å². The molecule has 7 heteroatoms.